The van der Waals surface area contributed by atoms with Gasteiger partial charge in [-0.2, -0.15) is 13.5 Å². The zero-order chi connectivity index (χ0) is 24.0. The molecule has 1 amide bonds. The summed E-state index contributed by atoms with van der Waals surface area (Å²) in [7, 11) is 0. The van der Waals surface area contributed by atoms with E-state index in [0.29, 0.717) is 30.2 Å². The number of halogens is 1. The Kier molecular flexibility index (Phi) is 8.04. The zero-order valence-corrected chi connectivity index (χ0v) is 19.3. The normalized spacial score (nSPS) is 14.0. The van der Waals surface area contributed by atoms with Gasteiger partial charge in [0.2, 0.25) is 0 Å². The van der Waals surface area contributed by atoms with E-state index in [0.717, 1.165) is 23.8 Å². The molecule has 2 aromatic heterocycles. The van der Waals surface area contributed by atoms with Crippen molar-refractivity contribution in [2.75, 3.05) is 18.4 Å². The highest BCUT2D eigenvalue weighted by molar-refractivity contribution is 7.51. The van der Waals surface area contributed by atoms with Gasteiger partial charge in [-0.3, -0.25) is 0 Å². The molecule has 4 rings (SSSR count). The molecule has 0 radical (unpaired) electrons. The Hall–Kier alpha value is -3.41. The van der Waals surface area contributed by atoms with Crippen molar-refractivity contribution in [3.63, 3.8) is 0 Å². The molecule has 1 saturated heterocycles. The SMILES string of the molecule is Cc1ccc(Nc2ncnc3c2cnn3C2CCN(C(=O)OC(C)C)CC2)c(F)c1.O=S=O. The third-order valence-corrected chi connectivity index (χ3v) is 5.17. The molecule has 3 heterocycles. The number of nitrogens with zero attached hydrogens (tertiary/aromatic N) is 5. The first-order valence-corrected chi connectivity index (χ1v) is 11.1. The molecule has 0 aliphatic carbocycles. The Morgan fingerprint density at radius 2 is 1.94 bits per heavy atom. The van der Waals surface area contributed by atoms with Crippen LogP contribution in [0.5, 0.6) is 0 Å². The number of aryl methyl sites for hydroxylation is 1. The van der Waals surface area contributed by atoms with Crippen LogP contribution in [0.4, 0.5) is 20.7 Å². The van der Waals surface area contributed by atoms with Crippen LogP contribution >= 0.6 is 0 Å². The summed E-state index contributed by atoms with van der Waals surface area (Å²) in [5.74, 6) is 0.168. The van der Waals surface area contributed by atoms with Gasteiger partial charge in [-0.1, -0.05) is 6.07 Å². The van der Waals surface area contributed by atoms with Crippen molar-refractivity contribution in [3.05, 3.63) is 42.1 Å². The van der Waals surface area contributed by atoms with Gasteiger partial charge in [0.25, 0.3) is 0 Å². The molecule has 0 saturated carbocycles. The van der Waals surface area contributed by atoms with E-state index in [-0.39, 0.29) is 24.1 Å². The average Bonchev–Trinajstić information content (AvgIpc) is 3.21. The first-order valence-electron chi connectivity index (χ1n) is 10.4. The zero-order valence-electron chi connectivity index (χ0n) is 18.5. The fourth-order valence-electron chi connectivity index (χ4n) is 3.65. The summed E-state index contributed by atoms with van der Waals surface area (Å²) >= 11 is -0.750. The van der Waals surface area contributed by atoms with Gasteiger partial charge < -0.3 is 15.0 Å². The van der Waals surface area contributed by atoms with Gasteiger partial charge >= 0.3 is 17.7 Å². The molecule has 33 heavy (non-hydrogen) atoms. The number of amides is 1. The number of hydrogen-bond donors (Lipinski definition) is 1. The topological polar surface area (TPSA) is 119 Å². The van der Waals surface area contributed by atoms with Crippen LogP contribution < -0.4 is 5.32 Å². The molecule has 1 aliphatic rings. The Labute approximate surface area is 193 Å². The summed E-state index contributed by atoms with van der Waals surface area (Å²) in [4.78, 5) is 22.5. The van der Waals surface area contributed by atoms with Gasteiger partial charge in [0.1, 0.15) is 18.0 Å². The minimum atomic E-state index is -0.750. The van der Waals surface area contributed by atoms with E-state index < -0.39 is 11.6 Å². The van der Waals surface area contributed by atoms with Crippen LogP contribution in [0.15, 0.2) is 30.7 Å². The van der Waals surface area contributed by atoms with Crippen molar-refractivity contribution in [3.8, 4) is 0 Å². The maximum Gasteiger partial charge on any atom is 0.410 e. The van der Waals surface area contributed by atoms with Crippen LogP contribution in [-0.2, 0) is 16.3 Å². The first kappa shape index (κ1) is 24.2. The molecule has 3 aromatic rings. The number of rotatable bonds is 4. The number of likely N-dealkylation sites (tertiary alicyclic amines) is 1. The van der Waals surface area contributed by atoms with Crippen molar-refractivity contribution < 1.29 is 22.3 Å². The third-order valence-electron chi connectivity index (χ3n) is 5.17. The molecule has 176 valence electrons. The lowest BCUT2D eigenvalue weighted by molar-refractivity contribution is 0.0656. The van der Waals surface area contributed by atoms with Gasteiger partial charge in [-0.25, -0.2) is 23.8 Å². The molecule has 10 nitrogen and oxygen atoms in total. The van der Waals surface area contributed by atoms with Crippen LogP contribution in [-0.4, -0.2) is 58.4 Å². The van der Waals surface area contributed by atoms with Gasteiger partial charge in [-0.05, 0) is 51.3 Å². The second-order valence-electron chi connectivity index (χ2n) is 7.88. The summed E-state index contributed by atoms with van der Waals surface area (Å²) in [6, 6.07) is 5.12. The Balaban J connectivity index is 0.000000968. The number of carbonyl (C=O) groups is 1. The number of carbonyl (C=O) groups excluding carboxylic acids is 1. The second-order valence-corrected chi connectivity index (χ2v) is 8.01. The van der Waals surface area contributed by atoms with Crippen molar-refractivity contribution in [2.24, 2.45) is 0 Å². The summed E-state index contributed by atoms with van der Waals surface area (Å²) < 4.78 is 38.0. The second kappa shape index (κ2) is 10.9. The van der Waals surface area contributed by atoms with Gasteiger partial charge in [0, 0.05) is 13.1 Å². The van der Waals surface area contributed by atoms with Gasteiger partial charge in [0.15, 0.2) is 5.65 Å². The average molecular weight is 477 g/mol. The molecular formula is C21H25FN6O4S. The summed E-state index contributed by atoms with van der Waals surface area (Å²) in [5.41, 5.74) is 1.89. The van der Waals surface area contributed by atoms with Crippen LogP contribution in [0, 0.1) is 12.7 Å². The summed E-state index contributed by atoms with van der Waals surface area (Å²) in [6.07, 6.45) is 4.24. The van der Waals surface area contributed by atoms with E-state index >= 15 is 0 Å². The largest absolute Gasteiger partial charge is 0.447 e. The molecule has 0 bridgehead atoms. The fourth-order valence-corrected chi connectivity index (χ4v) is 3.65. The minimum Gasteiger partial charge on any atom is -0.447 e. The quantitative estimate of drug-likeness (QED) is 0.607. The molecule has 0 unspecified atom stereocenters. The predicted octanol–water partition coefficient (Wildman–Crippen LogP) is 3.53. The van der Waals surface area contributed by atoms with E-state index in [1.54, 1.807) is 17.2 Å². The lowest BCUT2D eigenvalue weighted by atomic mass is 10.1. The lowest BCUT2D eigenvalue weighted by Crippen LogP contribution is -2.40. The highest BCUT2D eigenvalue weighted by Gasteiger charge is 2.27. The maximum atomic E-state index is 14.2. The smallest absolute Gasteiger partial charge is 0.410 e. The molecule has 1 N–H and O–H groups in total. The molecule has 0 atom stereocenters. The first-order chi connectivity index (χ1) is 15.8. The molecule has 12 heteroatoms. The lowest BCUT2D eigenvalue weighted by Gasteiger charge is -2.31. The van der Waals surface area contributed by atoms with Crippen molar-refractivity contribution in [1.82, 2.24) is 24.6 Å². The fraction of sp³-hybridized carbons (Fsp3) is 0.429. The third kappa shape index (κ3) is 5.89. The number of piperidine rings is 1. The minimum absolute atomic E-state index is 0.115. The molecule has 0 spiro atoms. The monoisotopic (exact) mass is 476 g/mol. The number of nitrogens with one attached hydrogen (secondary N) is 1. The van der Waals surface area contributed by atoms with Crippen molar-refractivity contribution in [1.29, 1.82) is 0 Å². The number of fused-ring (bicyclic) bond motifs is 1. The van der Waals surface area contributed by atoms with Crippen LogP contribution in [0.2, 0.25) is 0 Å². The highest BCUT2D eigenvalue weighted by Crippen LogP contribution is 2.29. The Bertz CT molecular complexity index is 1160. The number of anilines is 2. The van der Waals surface area contributed by atoms with Crippen molar-refractivity contribution >= 4 is 40.2 Å². The van der Waals surface area contributed by atoms with Gasteiger partial charge in [0.05, 0.1) is 29.4 Å². The van der Waals surface area contributed by atoms with E-state index in [4.69, 9.17) is 13.2 Å². The van der Waals surface area contributed by atoms with E-state index in [1.807, 2.05) is 31.5 Å². The van der Waals surface area contributed by atoms with Crippen LogP contribution in [0.1, 0.15) is 38.3 Å². The summed E-state index contributed by atoms with van der Waals surface area (Å²) in [6.45, 7) is 6.72. The van der Waals surface area contributed by atoms with E-state index in [9.17, 15) is 9.18 Å². The molecule has 1 fully saturated rings. The summed E-state index contributed by atoms with van der Waals surface area (Å²) in [5, 5.41) is 8.29. The predicted molar refractivity (Wildman–Crippen MR) is 120 cm³/mol. The van der Waals surface area contributed by atoms with E-state index in [2.05, 4.69) is 20.4 Å². The molecule has 1 aliphatic heterocycles. The number of hydrogen-bond acceptors (Lipinski definition) is 8. The highest BCUT2D eigenvalue weighted by atomic mass is 32.1. The molecule has 1 aromatic carbocycles. The maximum absolute atomic E-state index is 14.2. The van der Waals surface area contributed by atoms with Crippen LogP contribution in [0.3, 0.4) is 0 Å². The van der Waals surface area contributed by atoms with E-state index in [1.165, 1.54) is 12.4 Å². The standard InChI is InChI=1S/C21H25FN6O2.O2S/c1-13(2)30-21(29)27-8-6-15(7-9-27)28-20-16(11-25-28)19(23-12-24-20)26-18-5-4-14(3)10-17(18)22;1-3-2/h4-5,10-13,15H,6-9H2,1-3H3,(H,23,24,26);. The Morgan fingerprint density at radius 1 is 1.24 bits per heavy atom. The number of aromatic nitrogens is 4. The Morgan fingerprint density at radius 3 is 2.58 bits per heavy atom. The van der Waals surface area contributed by atoms with Gasteiger partial charge in [-0.15, -0.1) is 0 Å². The van der Waals surface area contributed by atoms with Crippen LogP contribution in [0.25, 0.3) is 11.0 Å². The molecular weight excluding hydrogens is 451 g/mol. The van der Waals surface area contributed by atoms with Crippen molar-refractivity contribution in [2.45, 2.75) is 45.8 Å². The number of ether oxygens (including phenoxy) is 1. The number of benzene rings is 1.